The zero-order chi connectivity index (χ0) is 35.9. The first-order valence-corrected chi connectivity index (χ1v) is 22.7. The lowest BCUT2D eigenvalue weighted by atomic mass is 10.0. The lowest BCUT2D eigenvalue weighted by molar-refractivity contribution is -0.927. The molecule has 0 aliphatic carbocycles. The highest BCUT2D eigenvalue weighted by atomic mass is 32.3. The number of hydrogen-bond donors (Lipinski definition) is 2. The Bertz CT molecular complexity index is 667. The summed E-state index contributed by atoms with van der Waals surface area (Å²) in [4.78, 5) is 0. The third-order valence-electron chi connectivity index (χ3n) is 10.4. The number of aliphatic hydroxyl groups is 1. The molecule has 0 saturated heterocycles. The minimum Gasteiger partial charge on any atom is -0.391 e. The van der Waals surface area contributed by atoms with E-state index < -0.39 is 10.4 Å². The van der Waals surface area contributed by atoms with Crippen LogP contribution in [-0.4, -0.2) is 62.5 Å². The average molecular weight is 707 g/mol. The molecule has 292 valence electrons. The molecule has 0 aromatic heterocycles. The Hall–Kier alpha value is -0.210. The highest BCUT2D eigenvalue weighted by Crippen LogP contribution is 2.18. The van der Waals surface area contributed by atoms with Gasteiger partial charge in [0, 0.05) is 0 Å². The van der Waals surface area contributed by atoms with Crippen molar-refractivity contribution < 1.29 is 26.7 Å². The van der Waals surface area contributed by atoms with Crippen LogP contribution in [0.4, 0.5) is 0 Å². The van der Waals surface area contributed by atoms with E-state index >= 15 is 0 Å². The van der Waals surface area contributed by atoms with Gasteiger partial charge in [-0.25, -0.2) is 0 Å². The molecule has 7 heteroatoms. The molecular formula is C41H88NO5S+. The minimum atomic E-state index is -4.16. The molecule has 6 nitrogen and oxygen atoms in total. The normalized spacial score (nSPS) is 12.0. The maximum atomic E-state index is 9.79. The SMILES string of the molecule is CCCCCCCCCCCCCCCCCC[N+](CC)(CCO)CCCCCCCCCCCCCCCCCC.COS(=O)(=O)O. The molecule has 0 aromatic carbocycles. The van der Waals surface area contributed by atoms with Crippen LogP contribution in [0.25, 0.3) is 0 Å². The quantitative estimate of drug-likeness (QED) is 0.0379. The Kier molecular flexibility index (Phi) is 41.1. The zero-order valence-electron chi connectivity index (χ0n) is 33.1. The summed E-state index contributed by atoms with van der Waals surface area (Å²) in [5.41, 5.74) is 0. The molecule has 0 spiro atoms. The van der Waals surface area contributed by atoms with Gasteiger partial charge < -0.3 is 9.59 Å². The van der Waals surface area contributed by atoms with Gasteiger partial charge in [0.05, 0.1) is 33.4 Å². The van der Waals surface area contributed by atoms with Gasteiger partial charge in [-0.15, -0.1) is 0 Å². The monoisotopic (exact) mass is 707 g/mol. The first-order chi connectivity index (χ1) is 23.3. The van der Waals surface area contributed by atoms with E-state index in [0.29, 0.717) is 6.61 Å². The van der Waals surface area contributed by atoms with Gasteiger partial charge in [0.25, 0.3) is 0 Å². The molecule has 0 saturated carbocycles. The van der Waals surface area contributed by atoms with E-state index in [-0.39, 0.29) is 0 Å². The second-order valence-corrected chi connectivity index (χ2v) is 15.9. The molecule has 0 aromatic rings. The minimum absolute atomic E-state index is 0.353. The molecule has 2 N–H and O–H groups in total. The van der Waals surface area contributed by atoms with Gasteiger partial charge in [0.1, 0.15) is 6.54 Å². The lowest BCUT2D eigenvalue weighted by Crippen LogP contribution is -2.51. The number of likely N-dealkylation sites (N-methyl/N-ethyl adjacent to an activating group) is 1. The first-order valence-electron chi connectivity index (χ1n) is 21.3. The Morgan fingerprint density at radius 3 is 0.792 bits per heavy atom. The van der Waals surface area contributed by atoms with Crippen molar-refractivity contribution in [1.82, 2.24) is 0 Å². The van der Waals surface area contributed by atoms with Crippen LogP contribution in [0.5, 0.6) is 0 Å². The smallest absolute Gasteiger partial charge is 0.391 e. The molecular weight excluding hydrogens is 619 g/mol. The molecule has 0 amide bonds. The van der Waals surface area contributed by atoms with Gasteiger partial charge in [-0.1, -0.05) is 194 Å². The summed E-state index contributed by atoms with van der Waals surface area (Å²) in [5.74, 6) is 0. The summed E-state index contributed by atoms with van der Waals surface area (Å²) in [6.45, 7) is 12.0. The number of nitrogens with zero attached hydrogens (tertiary/aromatic N) is 1. The van der Waals surface area contributed by atoms with Crippen LogP contribution in [0.1, 0.15) is 226 Å². The Labute approximate surface area is 302 Å². The van der Waals surface area contributed by atoms with Crippen LogP contribution >= 0.6 is 0 Å². The molecule has 0 aliphatic rings. The number of rotatable bonds is 38. The summed E-state index contributed by atoms with van der Waals surface area (Å²) in [7, 11) is -3.29. The standard InChI is InChI=1S/C40H84NO.CH4O4S/c1-4-7-9-11-13-15-17-19-21-23-25-27-29-31-33-35-37-41(6-3,39-40-42)38-36-34-32-30-28-26-24-22-20-18-16-14-12-10-8-5-2;1-5-6(2,3)4/h42H,4-40H2,1-3H3;1H3,(H,2,3,4)/q+1;. The van der Waals surface area contributed by atoms with Crippen molar-refractivity contribution in [3.05, 3.63) is 0 Å². The van der Waals surface area contributed by atoms with E-state index in [1.54, 1.807) is 0 Å². The van der Waals surface area contributed by atoms with Crippen LogP contribution in [0.3, 0.4) is 0 Å². The predicted octanol–water partition coefficient (Wildman–Crippen LogP) is 12.8. The second kappa shape index (κ2) is 39.6. The summed E-state index contributed by atoms with van der Waals surface area (Å²) in [5, 5.41) is 9.79. The van der Waals surface area contributed by atoms with Gasteiger partial charge in [-0.2, -0.15) is 8.42 Å². The Morgan fingerprint density at radius 1 is 0.417 bits per heavy atom. The van der Waals surface area contributed by atoms with Gasteiger partial charge in [0.2, 0.25) is 0 Å². The average Bonchev–Trinajstić information content (AvgIpc) is 3.07. The molecule has 0 heterocycles. The molecule has 0 atom stereocenters. The highest BCUT2D eigenvalue weighted by Gasteiger charge is 2.23. The van der Waals surface area contributed by atoms with Crippen LogP contribution in [0.2, 0.25) is 0 Å². The van der Waals surface area contributed by atoms with Crippen molar-refractivity contribution in [3.63, 3.8) is 0 Å². The number of quaternary nitrogens is 1. The van der Waals surface area contributed by atoms with E-state index in [1.807, 2.05) is 0 Å². The molecule has 0 fully saturated rings. The summed E-state index contributed by atoms with van der Waals surface area (Å²) in [6, 6.07) is 0. The lowest BCUT2D eigenvalue weighted by Gasteiger charge is -2.37. The fourth-order valence-corrected chi connectivity index (χ4v) is 7.01. The van der Waals surface area contributed by atoms with Crippen LogP contribution < -0.4 is 0 Å². The molecule has 0 rings (SSSR count). The summed E-state index contributed by atoms with van der Waals surface area (Å²) < 4.78 is 30.9. The van der Waals surface area contributed by atoms with Crippen LogP contribution in [0, 0.1) is 0 Å². The predicted molar refractivity (Wildman–Crippen MR) is 210 cm³/mol. The first kappa shape index (κ1) is 49.9. The van der Waals surface area contributed by atoms with Gasteiger partial charge >= 0.3 is 10.4 Å². The van der Waals surface area contributed by atoms with Crippen LogP contribution in [-0.2, 0) is 14.6 Å². The topological polar surface area (TPSA) is 83.8 Å². The zero-order valence-corrected chi connectivity index (χ0v) is 34.0. The molecule has 0 bridgehead atoms. The third-order valence-corrected chi connectivity index (χ3v) is 10.8. The van der Waals surface area contributed by atoms with Gasteiger partial charge in [-0.05, 0) is 32.6 Å². The van der Waals surface area contributed by atoms with Crippen LogP contribution in [0.15, 0.2) is 0 Å². The van der Waals surface area contributed by atoms with E-state index in [1.165, 1.54) is 225 Å². The highest BCUT2D eigenvalue weighted by molar-refractivity contribution is 7.80. The maximum Gasteiger partial charge on any atom is 0.397 e. The fourth-order valence-electron chi connectivity index (χ4n) is 7.01. The van der Waals surface area contributed by atoms with Crippen molar-refractivity contribution in [2.45, 2.75) is 226 Å². The van der Waals surface area contributed by atoms with Crippen molar-refractivity contribution in [2.75, 3.05) is 39.9 Å². The van der Waals surface area contributed by atoms with Crippen molar-refractivity contribution in [3.8, 4) is 0 Å². The van der Waals surface area contributed by atoms with E-state index in [9.17, 15) is 13.5 Å². The van der Waals surface area contributed by atoms with Crippen molar-refractivity contribution >= 4 is 10.4 Å². The van der Waals surface area contributed by atoms with Crippen molar-refractivity contribution in [1.29, 1.82) is 0 Å². The molecule has 48 heavy (non-hydrogen) atoms. The fraction of sp³-hybridized carbons (Fsp3) is 1.00. The molecule has 0 aliphatic heterocycles. The largest absolute Gasteiger partial charge is 0.397 e. The maximum absolute atomic E-state index is 9.79. The Balaban J connectivity index is 0. The number of aliphatic hydroxyl groups excluding tert-OH is 1. The third kappa shape index (κ3) is 40.2. The van der Waals surface area contributed by atoms with E-state index in [2.05, 4.69) is 25.0 Å². The summed E-state index contributed by atoms with van der Waals surface area (Å²) in [6.07, 6.45) is 46.0. The summed E-state index contributed by atoms with van der Waals surface area (Å²) >= 11 is 0. The molecule has 0 unspecified atom stereocenters. The van der Waals surface area contributed by atoms with E-state index in [4.69, 9.17) is 4.55 Å². The number of hydrogen-bond acceptors (Lipinski definition) is 4. The van der Waals surface area contributed by atoms with Gasteiger partial charge in [0.15, 0.2) is 0 Å². The number of unbranched alkanes of at least 4 members (excludes halogenated alkanes) is 30. The van der Waals surface area contributed by atoms with E-state index in [0.717, 1.165) is 18.1 Å². The second-order valence-electron chi connectivity index (χ2n) is 14.8. The molecule has 0 radical (unpaired) electrons. The Morgan fingerprint density at radius 2 is 0.625 bits per heavy atom. The van der Waals surface area contributed by atoms with Gasteiger partial charge in [-0.3, -0.25) is 8.74 Å². The van der Waals surface area contributed by atoms with Crippen molar-refractivity contribution in [2.24, 2.45) is 0 Å².